The number of carbonyl (C=O) groups is 1. The molecule has 1 saturated heterocycles. The molecule has 0 aliphatic carbocycles. The van der Waals surface area contributed by atoms with E-state index in [1.807, 2.05) is 11.9 Å². The number of likely N-dealkylation sites (N-methyl/N-ethyl adjacent to an activating group) is 1. The topological polar surface area (TPSA) is 87.2 Å². The van der Waals surface area contributed by atoms with Crippen molar-refractivity contribution in [1.29, 1.82) is 0 Å². The summed E-state index contributed by atoms with van der Waals surface area (Å²) < 4.78 is 1.15. The van der Waals surface area contributed by atoms with Gasteiger partial charge >= 0.3 is 5.69 Å². The fraction of sp³-hybridized carbons (Fsp3) is 0.471. The number of halogens is 1. The fourth-order valence-electron chi connectivity index (χ4n) is 3.39. The molecule has 1 aromatic carbocycles. The van der Waals surface area contributed by atoms with E-state index in [-0.39, 0.29) is 29.9 Å². The molecule has 3 rings (SSSR count). The van der Waals surface area contributed by atoms with Gasteiger partial charge in [-0.3, -0.25) is 14.2 Å². The lowest BCUT2D eigenvalue weighted by molar-refractivity contribution is 0.0737. The predicted molar refractivity (Wildman–Crippen MR) is 99.7 cm³/mol. The summed E-state index contributed by atoms with van der Waals surface area (Å²) in [6, 6.07) is 5.08. The minimum Gasteiger partial charge on any atom is -0.334 e. The third kappa shape index (κ3) is 3.48. The van der Waals surface area contributed by atoms with Gasteiger partial charge < -0.3 is 15.2 Å². The molecule has 2 N–H and O–H groups in total. The van der Waals surface area contributed by atoms with Crippen molar-refractivity contribution in [2.75, 3.05) is 20.1 Å². The Morgan fingerprint density at radius 3 is 2.80 bits per heavy atom. The Bertz CT molecular complexity index is 890. The van der Waals surface area contributed by atoms with Crippen LogP contribution in [0.3, 0.4) is 0 Å². The van der Waals surface area contributed by atoms with Crippen LogP contribution in [0, 0.1) is 0 Å². The van der Waals surface area contributed by atoms with Gasteiger partial charge in [0.05, 0.1) is 10.9 Å². The van der Waals surface area contributed by atoms with Crippen molar-refractivity contribution in [1.82, 2.24) is 19.8 Å². The smallest absolute Gasteiger partial charge is 0.328 e. The Kier molecular flexibility index (Phi) is 6.02. The molecule has 1 aliphatic heterocycles. The van der Waals surface area contributed by atoms with E-state index in [2.05, 4.69) is 10.3 Å². The van der Waals surface area contributed by atoms with E-state index < -0.39 is 5.69 Å². The molecule has 25 heavy (non-hydrogen) atoms. The second kappa shape index (κ2) is 7.84. The monoisotopic (exact) mass is 366 g/mol. The van der Waals surface area contributed by atoms with E-state index in [0.29, 0.717) is 23.0 Å². The predicted octanol–water partition coefficient (Wildman–Crippen LogP) is 0.956. The van der Waals surface area contributed by atoms with Crippen molar-refractivity contribution >= 4 is 29.2 Å². The van der Waals surface area contributed by atoms with Crippen LogP contribution in [-0.2, 0) is 6.54 Å². The van der Waals surface area contributed by atoms with Crippen LogP contribution in [0.2, 0.25) is 0 Å². The summed E-state index contributed by atoms with van der Waals surface area (Å²) in [6.45, 7) is 3.55. The maximum Gasteiger partial charge on any atom is 0.328 e. The number of aromatic nitrogens is 2. The molecule has 2 heterocycles. The highest BCUT2D eigenvalue weighted by atomic mass is 35.5. The van der Waals surface area contributed by atoms with Crippen LogP contribution in [0.25, 0.3) is 10.9 Å². The van der Waals surface area contributed by atoms with Crippen LogP contribution in [-0.4, -0.2) is 46.5 Å². The molecule has 0 saturated carbocycles. The van der Waals surface area contributed by atoms with E-state index >= 15 is 0 Å². The second-order valence-electron chi connectivity index (χ2n) is 6.09. The number of hydrogen-bond acceptors (Lipinski definition) is 4. The maximum atomic E-state index is 12.8. The van der Waals surface area contributed by atoms with Crippen LogP contribution in [0.15, 0.2) is 27.8 Å². The third-order valence-corrected chi connectivity index (χ3v) is 4.62. The van der Waals surface area contributed by atoms with Gasteiger partial charge in [0.1, 0.15) is 0 Å². The van der Waals surface area contributed by atoms with Gasteiger partial charge in [0.2, 0.25) is 0 Å². The quantitative estimate of drug-likeness (QED) is 0.843. The van der Waals surface area contributed by atoms with Crippen LogP contribution in [0.5, 0.6) is 0 Å². The fourth-order valence-corrected chi connectivity index (χ4v) is 3.39. The Labute approximate surface area is 151 Å². The number of nitrogens with zero attached hydrogens (tertiary/aromatic N) is 2. The number of amides is 1. The van der Waals surface area contributed by atoms with Gasteiger partial charge in [-0.05, 0) is 45.0 Å². The number of nitrogens with one attached hydrogen (secondary N) is 2. The van der Waals surface area contributed by atoms with Crippen molar-refractivity contribution < 1.29 is 4.79 Å². The molecule has 1 atom stereocenters. The van der Waals surface area contributed by atoms with Crippen molar-refractivity contribution in [2.45, 2.75) is 32.4 Å². The minimum absolute atomic E-state index is 0. The molecule has 1 amide bonds. The average molecular weight is 367 g/mol. The molecule has 1 unspecified atom stereocenters. The summed E-state index contributed by atoms with van der Waals surface area (Å²) in [5.74, 6) is -0.0600. The molecule has 0 radical (unpaired) electrons. The van der Waals surface area contributed by atoms with Gasteiger partial charge in [-0.2, -0.15) is 0 Å². The number of rotatable bonds is 4. The van der Waals surface area contributed by atoms with Gasteiger partial charge in [0, 0.05) is 31.2 Å². The number of fused-ring (bicyclic) bond motifs is 1. The summed E-state index contributed by atoms with van der Waals surface area (Å²) in [4.78, 5) is 41.6. The summed E-state index contributed by atoms with van der Waals surface area (Å²) in [7, 11) is 1.88. The second-order valence-corrected chi connectivity index (χ2v) is 6.09. The Hall–Kier alpha value is -2.12. The lowest BCUT2D eigenvalue weighted by Gasteiger charge is -2.24. The largest absolute Gasteiger partial charge is 0.334 e. The highest BCUT2D eigenvalue weighted by Gasteiger charge is 2.29. The molecule has 1 aliphatic rings. The van der Waals surface area contributed by atoms with Crippen molar-refractivity contribution in [2.24, 2.45) is 0 Å². The molecule has 0 spiro atoms. The van der Waals surface area contributed by atoms with Gasteiger partial charge in [-0.1, -0.05) is 0 Å². The van der Waals surface area contributed by atoms with Gasteiger partial charge in [0.25, 0.3) is 11.5 Å². The molecule has 1 aromatic heterocycles. The standard InChI is InChI=1S/C17H22N4O3.ClH/c1-3-20-16(23)13-7-6-11(9-14(13)19-17(20)24)15(22)21-8-4-5-12(21)10-18-2;/h6-7,9,12,18H,3-5,8,10H2,1-2H3,(H,19,24);1H. The number of benzene rings is 1. The molecular weight excluding hydrogens is 344 g/mol. The lowest BCUT2D eigenvalue weighted by Crippen LogP contribution is -2.41. The first kappa shape index (κ1) is 19.2. The molecule has 1 fully saturated rings. The Morgan fingerprint density at radius 1 is 1.36 bits per heavy atom. The zero-order chi connectivity index (χ0) is 17.3. The highest BCUT2D eigenvalue weighted by Crippen LogP contribution is 2.20. The average Bonchev–Trinajstić information content (AvgIpc) is 3.02. The molecular formula is C17H23ClN4O3. The summed E-state index contributed by atoms with van der Waals surface area (Å²) in [5, 5.41) is 3.54. The van der Waals surface area contributed by atoms with Gasteiger partial charge in [0.15, 0.2) is 0 Å². The normalized spacial score (nSPS) is 16.9. The first-order valence-electron chi connectivity index (χ1n) is 8.29. The lowest BCUT2D eigenvalue weighted by atomic mass is 10.1. The summed E-state index contributed by atoms with van der Waals surface area (Å²) in [6.07, 6.45) is 1.97. The van der Waals surface area contributed by atoms with E-state index in [4.69, 9.17) is 0 Å². The zero-order valence-corrected chi connectivity index (χ0v) is 15.2. The molecule has 8 heteroatoms. The number of carbonyl (C=O) groups excluding carboxylic acids is 1. The Balaban J connectivity index is 0.00000225. The van der Waals surface area contributed by atoms with Gasteiger partial charge in [-0.15, -0.1) is 12.4 Å². The van der Waals surface area contributed by atoms with E-state index in [9.17, 15) is 14.4 Å². The SMILES string of the molecule is CCn1c(=O)[nH]c2cc(C(=O)N3CCCC3CNC)ccc2c1=O.Cl. The highest BCUT2D eigenvalue weighted by molar-refractivity contribution is 5.98. The molecule has 136 valence electrons. The van der Waals surface area contributed by atoms with Crippen molar-refractivity contribution in [3.05, 3.63) is 44.6 Å². The third-order valence-electron chi connectivity index (χ3n) is 4.62. The number of H-pyrrole nitrogens is 1. The first-order chi connectivity index (χ1) is 11.6. The number of aromatic amines is 1. The Morgan fingerprint density at radius 2 is 2.12 bits per heavy atom. The molecule has 0 bridgehead atoms. The van der Waals surface area contributed by atoms with Crippen LogP contribution < -0.4 is 16.6 Å². The summed E-state index contributed by atoms with van der Waals surface area (Å²) in [5.41, 5.74) is 0.123. The van der Waals surface area contributed by atoms with Crippen molar-refractivity contribution in [3.8, 4) is 0 Å². The van der Waals surface area contributed by atoms with Crippen LogP contribution in [0.4, 0.5) is 0 Å². The van der Waals surface area contributed by atoms with E-state index in [1.54, 1.807) is 25.1 Å². The maximum absolute atomic E-state index is 12.8. The molecule has 7 nitrogen and oxygen atoms in total. The van der Waals surface area contributed by atoms with E-state index in [0.717, 1.165) is 30.5 Å². The number of hydrogen-bond donors (Lipinski definition) is 2. The number of likely N-dealkylation sites (tertiary alicyclic amines) is 1. The first-order valence-corrected chi connectivity index (χ1v) is 8.29. The van der Waals surface area contributed by atoms with Crippen molar-refractivity contribution in [3.63, 3.8) is 0 Å². The minimum atomic E-state index is -0.450. The van der Waals surface area contributed by atoms with Gasteiger partial charge in [-0.25, -0.2) is 4.79 Å². The summed E-state index contributed by atoms with van der Waals surface area (Å²) >= 11 is 0. The van der Waals surface area contributed by atoms with Crippen LogP contribution in [0.1, 0.15) is 30.1 Å². The van der Waals surface area contributed by atoms with E-state index in [1.165, 1.54) is 0 Å². The van der Waals surface area contributed by atoms with Crippen LogP contribution >= 0.6 is 12.4 Å². The zero-order valence-electron chi connectivity index (χ0n) is 14.4. The molecule has 2 aromatic rings.